The number of nitrogens with zero attached hydrogens (tertiary/aromatic N) is 4. The number of amides is 1. The smallest absolute Gasteiger partial charge is 0.241 e. The fraction of sp³-hybridized carbons (Fsp3) is 0.545. The van der Waals surface area contributed by atoms with E-state index in [1.54, 1.807) is 17.3 Å². The van der Waals surface area contributed by atoms with Crippen LogP contribution in [0.2, 0.25) is 0 Å². The van der Waals surface area contributed by atoms with Gasteiger partial charge in [-0.25, -0.2) is 4.98 Å². The summed E-state index contributed by atoms with van der Waals surface area (Å²) in [6.07, 6.45) is 4.19. The number of anilines is 1. The van der Waals surface area contributed by atoms with Gasteiger partial charge >= 0.3 is 0 Å². The summed E-state index contributed by atoms with van der Waals surface area (Å²) >= 11 is 0. The van der Waals surface area contributed by atoms with Crippen LogP contribution in [0.5, 0.6) is 0 Å². The Kier molecular flexibility index (Phi) is 3.53. The standard InChI is InChI=1S/C11H17N5O/c1-15-5-2-6-16(8-10(15)17)11-9(7-12)13-3-4-14-11/h3-4H,2,5-8,12H2,1H3. The van der Waals surface area contributed by atoms with E-state index in [0.29, 0.717) is 13.1 Å². The SMILES string of the molecule is CN1CCCN(c2nccnc2CN)CC1=O. The Labute approximate surface area is 100 Å². The summed E-state index contributed by atoms with van der Waals surface area (Å²) in [6, 6.07) is 0. The van der Waals surface area contributed by atoms with Crippen LogP contribution in [0, 0.1) is 0 Å². The van der Waals surface area contributed by atoms with Crippen molar-refractivity contribution in [1.82, 2.24) is 14.9 Å². The Hall–Kier alpha value is -1.69. The van der Waals surface area contributed by atoms with Crippen LogP contribution in [0.25, 0.3) is 0 Å². The highest BCUT2D eigenvalue weighted by atomic mass is 16.2. The van der Waals surface area contributed by atoms with Gasteiger partial charge in [-0.15, -0.1) is 0 Å². The predicted octanol–water partition coefficient (Wildman–Crippen LogP) is -0.396. The van der Waals surface area contributed by atoms with Crippen molar-refractivity contribution in [3.8, 4) is 0 Å². The number of hydrogen-bond acceptors (Lipinski definition) is 5. The average Bonchev–Trinajstić information content (AvgIpc) is 2.52. The zero-order valence-corrected chi connectivity index (χ0v) is 9.96. The van der Waals surface area contributed by atoms with Gasteiger partial charge < -0.3 is 15.5 Å². The largest absolute Gasteiger partial charge is 0.346 e. The lowest BCUT2D eigenvalue weighted by Gasteiger charge is -2.22. The number of nitrogens with two attached hydrogens (primary N) is 1. The van der Waals surface area contributed by atoms with Gasteiger partial charge in [0.05, 0.1) is 12.2 Å². The molecule has 1 aliphatic rings. The van der Waals surface area contributed by atoms with Crippen LogP contribution >= 0.6 is 0 Å². The van der Waals surface area contributed by atoms with Crippen LogP contribution < -0.4 is 10.6 Å². The van der Waals surface area contributed by atoms with Gasteiger partial charge in [0, 0.05) is 39.1 Å². The lowest BCUT2D eigenvalue weighted by Crippen LogP contribution is -2.35. The van der Waals surface area contributed by atoms with Crippen molar-refractivity contribution in [2.75, 3.05) is 31.6 Å². The Morgan fingerprint density at radius 1 is 1.35 bits per heavy atom. The van der Waals surface area contributed by atoms with Gasteiger partial charge in [-0.1, -0.05) is 0 Å². The fourth-order valence-corrected chi connectivity index (χ4v) is 1.93. The molecule has 0 bridgehead atoms. The summed E-state index contributed by atoms with van der Waals surface area (Å²) in [5.41, 5.74) is 6.37. The van der Waals surface area contributed by atoms with E-state index in [1.165, 1.54) is 0 Å². The summed E-state index contributed by atoms with van der Waals surface area (Å²) in [4.78, 5) is 24.0. The van der Waals surface area contributed by atoms with Gasteiger partial charge in [-0.3, -0.25) is 9.78 Å². The van der Waals surface area contributed by atoms with Crippen molar-refractivity contribution in [2.24, 2.45) is 5.73 Å². The summed E-state index contributed by atoms with van der Waals surface area (Å²) in [5, 5.41) is 0. The quantitative estimate of drug-likeness (QED) is 0.755. The molecule has 1 amide bonds. The van der Waals surface area contributed by atoms with Crippen LogP contribution in [-0.2, 0) is 11.3 Å². The molecule has 0 radical (unpaired) electrons. The number of likely N-dealkylation sites (N-methyl/N-ethyl adjacent to an activating group) is 1. The van der Waals surface area contributed by atoms with Gasteiger partial charge in [0.25, 0.3) is 0 Å². The first kappa shape index (κ1) is 11.8. The first-order chi connectivity index (χ1) is 8.22. The topological polar surface area (TPSA) is 75.3 Å². The molecule has 0 aliphatic carbocycles. The molecule has 2 N–H and O–H groups in total. The second-order valence-electron chi connectivity index (χ2n) is 4.12. The molecule has 0 spiro atoms. The third kappa shape index (κ3) is 2.52. The molecule has 1 aromatic heterocycles. The molecule has 92 valence electrons. The van der Waals surface area contributed by atoms with Crippen LogP contribution in [0.4, 0.5) is 5.82 Å². The molecule has 6 heteroatoms. The highest BCUT2D eigenvalue weighted by Crippen LogP contribution is 2.16. The summed E-state index contributed by atoms with van der Waals surface area (Å²) in [7, 11) is 1.83. The van der Waals surface area contributed by atoms with E-state index in [2.05, 4.69) is 9.97 Å². The van der Waals surface area contributed by atoms with E-state index < -0.39 is 0 Å². The minimum atomic E-state index is 0.108. The maximum Gasteiger partial charge on any atom is 0.241 e. The van der Waals surface area contributed by atoms with Gasteiger partial charge in [0.1, 0.15) is 0 Å². The van der Waals surface area contributed by atoms with Gasteiger partial charge in [-0.2, -0.15) is 0 Å². The van der Waals surface area contributed by atoms with Gasteiger partial charge in [-0.05, 0) is 6.42 Å². The number of carbonyl (C=O) groups is 1. The molecule has 6 nitrogen and oxygen atoms in total. The van der Waals surface area contributed by atoms with E-state index in [-0.39, 0.29) is 5.91 Å². The monoisotopic (exact) mass is 235 g/mol. The second-order valence-corrected chi connectivity index (χ2v) is 4.12. The van der Waals surface area contributed by atoms with Crippen LogP contribution in [0.15, 0.2) is 12.4 Å². The second kappa shape index (κ2) is 5.09. The number of rotatable bonds is 2. The van der Waals surface area contributed by atoms with Crippen LogP contribution in [0.3, 0.4) is 0 Å². The van der Waals surface area contributed by atoms with Crippen molar-refractivity contribution >= 4 is 11.7 Å². The molecule has 0 aromatic carbocycles. The molecule has 0 atom stereocenters. The zero-order valence-electron chi connectivity index (χ0n) is 9.96. The Morgan fingerprint density at radius 2 is 2.12 bits per heavy atom. The molecule has 0 unspecified atom stereocenters. The molecule has 1 aliphatic heterocycles. The van der Waals surface area contributed by atoms with E-state index in [9.17, 15) is 4.79 Å². The van der Waals surface area contributed by atoms with Crippen LogP contribution in [-0.4, -0.2) is 47.5 Å². The van der Waals surface area contributed by atoms with Crippen molar-refractivity contribution in [3.63, 3.8) is 0 Å². The van der Waals surface area contributed by atoms with Gasteiger partial charge in [0.2, 0.25) is 5.91 Å². The Morgan fingerprint density at radius 3 is 2.88 bits per heavy atom. The van der Waals surface area contributed by atoms with E-state index in [4.69, 9.17) is 5.73 Å². The molecule has 1 saturated heterocycles. The average molecular weight is 235 g/mol. The summed E-state index contributed by atoms with van der Waals surface area (Å²) in [5.74, 6) is 0.842. The van der Waals surface area contributed by atoms with Crippen molar-refractivity contribution < 1.29 is 4.79 Å². The van der Waals surface area contributed by atoms with E-state index in [0.717, 1.165) is 31.0 Å². The molecule has 17 heavy (non-hydrogen) atoms. The zero-order chi connectivity index (χ0) is 12.3. The molecule has 0 saturated carbocycles. The molecule has 1 aromatic rings. The Balaban J connectivity index is 2.23. The summed E-state index contributed by atoms with van der Waals surface area (Å²) in [6.45, 7) is 2.28. The lowest BCUT2D eigenvalue weighted by atomic mass is 10.3. The van der Waals surface area contributed by atoms with Gasteiger partial charge in [0.15, 0.2) is 5.82 Å². The molecule has 2 heterocycles. The van der Waals surface area contributed by atoms with Crippen molar-refractivity contribution in [2.45, 2.75) is 13.0 Å². The van der Waals surface area contributed by atoms with Crippen molar-refractivity contribution in [3.05, 3.63) is 18.1 Å². The van der Waals surface area contributed by atoms with Crippen molar-refractivity contribution in [1.29, 1.82) is 0 Å². The molecular weight excluding hydrogens is 218 g/mol. The molecule has 1 fully saturated rings. The maximum atomic E-state index is 11.8. The normalized spacial score (nSPS) is 17.2. The highest BCUT2D eigenvalue weighted by Gasteiger charge is 2.21. The molecule has 2 rings (SSSR count). The minimum absolute atomic E-state index is 0.108. The third-order valence-corrected chi connectivity index (χ3v) is 2.92. The van der Waals surface area contributed by atoms with Crippen LogP contribution in [0.1, 0.15) is 12.1 Å². The summed E-state index contributed by atoms with van der Waals surface area (Å²) < 4.78 is 0. The lowest BCUT2D eigenvalue weighted by molar-refractivity contribution is -0.127. The first-order valence-corrected chi connectivity index (χ1v) is 5.71. The van der Waals surface area contributed by atoms with E-state index >= 15 is 0 Å². The van der Waals surface area contributed by atoms with E-state index in [1.807, 2.05) is 11.9 Å². The number of carbonyl (C=O) groups excluding carboxylic acids is 1. The number of aromatic nitrogens is 2. The minimum Gasteiger partial charge on any atom is -0.346 e. The third-order valence-electron chi connectivity index (χ3n) is 2.92. The molecular formula is C11H17N5O. The Bertz CT molecular complexity index is 409. The number of hydrogen-bond donors (Lipinski definition) is 1. The highest BCUT2D eigenvalue weighted by molar-refractivity contribution is 5.81. The maximum absolute atomic E-state index is 11.8. The predicted molar refractivity (Wildman–Crippen MR) is 64.4 cm³/mol. The fourth-order valence-electron chi connectivity index (χ4n) is 1.93. The first-order valence-electron chi connectivity index (χ1n) is 5.71.